The Balaban J connectivity index is 1.66. The first-order valence-corrected chi connectivity index (χ1v) is 6.46. The maximum Gasteiger partial charge on any atom is 0.171 e. The van der Waals surface area contributed by atoms with Crippen molar-refractivity contribution in [1.29, 1.82) is 0 Å². The first-order valence-electron chi connectivity index (χ1n) is 6.46. The van der Waals surface area contributed by atoms with Crippen molar-refractivity contribution >= 4 is 17.3 Å². The molecule has 1 aromatic carbocycles. The maximum atomic E-state index is 5.86. The molecule has 2 aromatic rings. The second-order valence-corrected chi connectivity index (χ2v) is 4.71. The highest BCUT2D eigenvalue weighted by Crippen LogP contribution is 2.23. The first-order chi connectivity index (χ1) is 9.33. The number of benzene rings is 1. The highest BCUT2D eigenvalue weighted by atomic mass is 15.2. The van der Waals surface area contributed by atoms with Crippen LogP contribution in [-0.4, -0.2) is 29.1 Å². The molecule has 1 atom stereocenters. The van der Waals surface area contributed by atoms with Crippen LogP contribution < -0.4 is 16.0 Å². The Kier molecular flexibility index (Phi) is 3.18. The van der Waals surface area contributed by atoms with Gasteiger partial charge in [0.1, 0.15) is 0 Å². The fourth-order valence-corrected chi connectivity index (χ4v) is 2.43. The second-order valence-electron chi connectivity index (χ2n) is 4.71. The Morgan fingerprint density at radius 1 is 1.16 bits per heavy atom. The van der Waals surface area contributed by atoms with Gasteiger partial charge in [0, 0.05) is 37.2 Å². The lowest BCUT2D eigenvalue weighted by molar-refractivity contribution is 0.806. The van der Waals surface area contributed by atoms with Crippen LogP contribution >= 0.6 is 0 Å². The number of hydrogen-bond acceptors (Lipinski definition) is 5. The van der Waals surface area contributed by atoms with Crippen LogP contribution in [0.25, 0.3) is 0 Å². The second kappa shape index (κ2) is 5.14. The summed E-state index contributed by atoms with van der Waals surface area (Å²) in [6.07, 6.45) is 4.38. The molecular formula is C14H17N5. The molecule has 0 bridgehead atoms. The van der Waals surface area contributed by atoms with Gasteiger partial charge >= 0.3 is 0 Å². The van der Waals surface area contributed by atoms with Crippen molar-refractivity contribution in [3.05, 3.63) is 42.7 Å². The van der Waals surface area contributed by atoms with Crippen LogP contribution in [0.2, 0.25) is 0 Å². The highest BCUT2D eigenvalue weighted by Gasteiger charge is 2.24. The third kappa shape index (κ3) is 2.59. The molecular weight excluding hydrogens is 238 g/mol. The summed E-state index contributed by atoms with van der Waals surface area (Å²) in [4.78, 5) is 10.6. The number of rotatable bonds is 3. The summed E-state index contributed by atoms with van der Waals surface area (Å²) in [5.74, 6) is 1.29. The topological polar surface area (TPSA) is 67.1 Å². The average Bonchev–Trinajstić information content (AvgIpc) is 2.89. The Morgan fingerprint density at radius 3 is 2.74 bits per heavy atom. The van der Waals surface area contributed by atoms with Crippen molar-refractivity contribution < 1.29 is 0 Å². The van der Waals surface area contributed by atoms with E-state index in [4.69, 9.17) is 5.73 Å². The Labute approximate surface area is 112 Å². The van der Waals surface area contributed by atoms with Gasteiger partial charge in [0.15, 0.2) is 11.6 Å². The van der Waals surface area contributed by atoms with E-state index in [1.165, 1.54) is 0 Å². The molecule has 0 spiro atoms. The summed E-state index contributed by atoms with van der Waals surface area (Å²) in [6, 6.07) is 10.7. The minimum Gasteiger partial charge on any atom is -0.381 e. The summed E-state index contributed by atoms with van der Waals surface area (Å²) in [6.45, 7) is 1.85. The molecule has 1 aliphatic heterocycles. The number of nitrogens with two attached hydrogens (primary N) is 1. The summed E-state index contributed by atoms with van der Waals surface area (Å²) >= 11 is 0. The first kappa shape index (κ1) is 11.8. The molecule has 5 heteroatoms. The van der Waals surface area contributed by atoms with Gasteiger partial charge in [0.25, 0.3) is 0 Å². The zero-order valence-electron chi connectivity index (χ0n) is 10.7. The van der Waals surface area contributed by atoms with E-state index in [0.29, 0.717) is 11.9 Å². The molecule has 1 aliphatic rings. The Morgan fingerprint density at radius 2 is 1.95 bits per heavy atom. The number of para-hydroxylation sites is 1. The molecule has 5 nitrogen and oxygen atoms in total. The van der Waals surface area contributed by atoms with Crippen LogP contribution in [0, 0.1) is 0 Å². The fourth-order valence-electron chi connectivity index (χ4n) is 2.43. The van der Waals surface area contributed by atoms with Gasteiger partial charge in [0.05, 0.1) is 0 Å². The molecule has 0 amide bonds. The Bertz CT molecular complexity index is 543. The third-order valence-corrected chi connectivity index (χ3v) is 3.34. The van der Waals surface area contributed by atoms with E-state index in [1.807, 2.05) is 18.2 Å². The van der Waals surface area contributed by atoms with Crippen molar-refractivity contribution in [3.8, 4) is 0 Å². The predicted molar refractivity (Wildman–Crippen MR) is 77.1 cm³/mol. The molecule has 1 aromatic heterocycles. The van der Waals surface area contributed by atoms with E-state index in [-0.39, 0.29) is 0 Å². The lowest BCUT2D eigenvalue weighted by Gasteiger charge is -2.19. The van der Waals surface area contributed by atoms with E-state index in [2.05, 4.69) is 32.3 Å². The van der Waals surface area contributed by atoms with Gasteiger partial charge < -0.3 is 16.0 Å². The fraction of sp³-hybridized carbons (Fsp3) is 0.286. The normalized spacial score (nSPS) is 18.5. The van der Waals surface area contributed by atoms with E-state index >= 15 is 0 Å². The number of nitrogens with zero attached hydrogens (tertiary/aromatic N) is 3. The van der Waals surface area contributed by atoms with E-state index in [1.54, 1.807) is 12.4 Å². The number of hydrogen-bond donors (Lipinski definition) is 2. The van der Waals surface area contributed by atoms with Gasteiger partial charge in [-0.1, -0.05) is 18.2 Å². The molecule has 3 N–H and O–H groups in total. The monoisotopic (exact) mass is 255 g/mol. The number of nitrogens with one attached hydrogen (secondary N) is 1. The largest absolute Gasteiger partial charge is 0.381 e. The van der Waals surface area contributed by atoms with Crippen molar-refractivity contribution in [2.45, 2.75) is 12.5 Å². The summed E-state index contributed by atoms with van der Waals surface area (Å²) in [5.41, 5.74) is 7.02. The van der Waals surface area contributed by atoms with E-state index < -0.39 is 0 Å². The minimum atomic E-state index is 0.420. The van der Waals surface area contributed by atoms with Crippen LogP contribution in [0.4, 0.5) is 17.3 Å². The molecule has 2 heterocycles. The predicted octanol–water partition coefficient (Wildman–Crippen LogP) is 1.75. The lowest BCUT2D eigenvalue weighted by atomic mass is 10.2. The van der Waals surface area contributed by atoms with Gasteiger partial charge in [0.2, 0.25) is 0 Å². The van der Waals surface area contributed by atoms with Crippen LogP contribution in [0.3, 0.4) is 0 Å². The molecule has 0 saturated carbocycles. The molecule has 3 rings (SSSR count). The molecule has 19 heavy (non-hydrogen) atoms. The quantitative estimate of drug-likeness (QED) is 0.874. The number of nitrogen functional groups attached to an aromatic ring is 1. The summed E-state index contributed by atoms with van der Waals surface area (Å²) < 4.78 is 0. The van der Waals surface area contributed by atoms with Crippen molar-refractivity contribution in [2.75, 3.05) is 29.0 Å². The van der Waals surface area contributed by atoms with Crippen LogP contribution in [-0.2, 0) is 0 Å². The van der Waals surface area contributed by atoms with Crippen molar-refractivity contribution in [3.63, 3.8) is 0 Å². The maximum absolute atomic E-state index is 5.86. The zero-order valence-corrected chi connectivity index (χ0v) is 10.7. The summed E-state index contributed by atoms with van der Waals surface area (Å²) in [5, 5.41) is 3.53. The van der Waals surface area contributed by atoms with Gasteiger partial charge in [-0.3, -0.25) is 0 Å². The highest BCUT2D eigenvalue weighted by molar-refractivity contribution is 5.58. The molecule has 1 saturated heterocycles. The number of anilines is 3. The van der Waals surface area contributed by atoms with Crippen molar-refractivity contribution in [2.24, 2.45) is 0 Å². The van der Waals surface area contributed by atoms with Crippen LogP contribution in [0.5, 0.6) is 0 Å². The SMILES string of the molecule is Nc1nccnc1N1CC[C@@H](Nc2ccccc2)C1. The molecule has 98 valence electrons. The zero-order chi connectivity index (χ0) is 13.1. The van der Waals surface area contributed by atoms with Crippen LogP contribution in [0.15, 0.2) is 42.7 Å². The average molecular weight is 255 g/mol. The number of aromatic nitrogens is 2. The summed E-state index contributed by atoms with van der Waals surface area (Å²) in [7, 11) is 0. The molecule has 1 fully saturated rings. The third-order valence-electron chi connectivity index (χ3n) is 3.34. The molecule has 0 radical (unpaired) electrons. The standard InChI is InChI=1S/C14H17N5/c15-13-14(17-8-7-16-13)19-9-6-12(10-19)18-11-4-2-1-3-5-11/h1-5,7-8,12,18H,6,9-10H2,(H2,15,16)/t12-/m1/s1. The Hall–Kier alpha value is -2.30. The minimum absolute atomic E-state index is 0.420. The van der Waals surface area contributed by atoms with Gasteiger partial charge in [-0.25, -0.2) is 9.97 Å². The van der Waals surface area contributed by atoms with E-state index in [0.717, 1.165) is 31.0 Å². The molecule has 0 unspecified atom stereocenters. The molecule has 0 aliphatic carbocycles. The van der Waals surface area contributed by atoms with Gasteiger partial charge in [-0.15, -0.1) is 0 Å². The van der Waals surface area contributed by atoms with Crippen molar-refractivity contribution in [1.82, 2.24) is 9.97 Å². The van der Waals surface area contributed by atoms with Gasteiger partial charge in [-0.2, -0.15) is 0 Å². The van der Waals surface area contributed by atoms with Gasteiger partial charge in [-0.05, 0) is 18.6 Å². The smallest absolute Gasteiger partial charge is 0.171 e. The lowest BCUT2D eigenvalue weighted by Crippen LogP contribution is -2.27. The van der Waals surface area contributed by atoms with E-state index in [9.17, 15) is 0 Å². The van der Waals surface area contributed by atoms with Crippen LogP contribution in [0.1, 0.15) is 6.42 Å².